The minimum atomic E-state index is -0.649. The summed E-state index contributed by atoms with van der Waals surface area (Å²) in [5.74, 6) is -0.178. The maximum Gasteiger partial charge on any atom is 0.322 e. The van der Waals surface area contributed by atoms with Gasteiger partial charge in [0.25, 0.3) is 0 Å². The molecule has 0 aliphatic rings. The number of phenols is 1. The first-order chi connectivity index (χ1) is 8.60. The van der Waals surface area contributed by atoms with Crippen LogP contribution in [0.5, 0.6) is 5.75 Å². The van der Waals surface area contributed by atoms with E-state index in [-0.39, 0.29) is 18.2 Å². The van der Waals surface area contributed by atoms with Gasteiger partial charge in [-0.05, 0) is 34.9 Å². The highest BCUT2D eigenvalue weighted by Gasteiger charge is 2.14. The van der Waals surface area contributed by atoms with E-state index in [1.54, 1.807) is 12.1 Å². The first-order valence-corrected chi connectivity index (χ1v) is 5.65. The van der Waals surface area contributed by atoms with Gasteiger partial charge in [-0.25, -0.2) is 0 Å². The number of carbonyl (C=O) groups is 1. The third kappa shape index (κ3) is 3.59. The van der Waals surface area contributed by atoms with Crippen LogP contribution in [0, 0.1) is 0 Å². The lowest BCUT2D eigenvalue weighted by atomic mass is 10.0. The Bertz CT molecular complexity index is 586. The van der Waals surface area contributed by atoms with Crippen LogP contribution in [0.15, 0.2) is 36.4 Å². The number of hydrogen-bond acceptors (Lipinski definition) is 4. The minimum absolute atomic E-state index is 0. The number of nitrogens with two attached hydrogens (primary N) is 1. The summed E-state index contributed by atoms with van der Waals surface area (Å²) >= 11 is 0. The summed E-state index contributed by atoms with van der Waals surface area (Å²) < 4.78 is 4.59. The zero-order valence-electron chi connectivity index (χ0n) is 10.5. The molecule has 0 aliphatic carbocycles. The number of fused-ring (bicyclic) bond motifs is 1. The average Bonchev–Trinajstić information content (AvgIpc) is 2.38. The Labute approximate surface area is 117 Å². The van der Waals surface area contributed by atoms with Gasteiger partial charge in [-0.1, -0.05) is 24.3 Å². The van der Waals surface area contributed by atoms with E-state index in [1.807, 2.05) is 24.3 Å². The molecule has 0 bridgehead atoms. The molecule has 5 heteroatoms. The minimum Gasteiger partial charge on any atom is -0.508 e. The van der Waals surface area contributed by atoms with Gasteiger partial charge in [0.15, 0.2) is 0 Å². The van der Waals surface area contributed by atoms with E-state index in [0.29, 0.717) is 6.42 Å². The molecule has 0 saturated carbocycles. The van der Waals surface area contributed by atoms with E-state index >= 15 is 0 Å². The number of halogens is 1. The van der Waals surface area contributed by atoms with Crippen LogP contribution in [-0.4, -0.2) is 24.2 Å². The Kier molecular flexibility index (Phi) is 5.15. The second kappa shape index (κ2) is 6.41. The highest BCUT2D eigenvalue weighted by Crippen LogP contribution is 2.21. The number of benzene rings is 2. The molecule has 0 saturated heterocycles. The van der Waals surface area contributed by atoms with Crippen molar-refractivity contribution in [2.75, 3.05) is 7.11 Å². The Morgan fingerprint density at radius 1 is 1.26 bits per heavy atom. The molecule has 1 unspecified atom stereocenters. The molecule has 0 fully saturated rings. The topological polar surface area (TPSA) is 72.5 Å². The summed E-state index contributed by atoms with van der Waals surface area (Å²) in [5.41, 5.74) is 6.68. The molecule has 2 aromatic carbocycles. The molecule has 0 spiro atoms. The third-order valence-electron chi connectivity index (χ3n) is 2.85. The van der Waals surface area contributed by atoms with Crippen molar-refractivity contribution in [2.45, 2.75) is 12.5 Å². The lowest BCUT2D eigenvalue weighted by Crippen LogP contribution is -2.33. The number of carbonyl (C=O) groups excluding carboxylic acids is 1. The number of phenolic OH excluding ortho intramolecular Hbond substituents is 1. The van der Waals surface area contributed by atoms with Gasteiger partial charge >= 0.3 is 5.97 Å². The van der Waals surface area contributed by atoms with Crippen LogP contribution in [0.2, 0.25) is 0 Å². The second-order valence-corrected chi connectivity index (χ2v) is 4.20. The van der Waals surface area contributed by atoms with Crippen molar-refractivity contribution in [3.63, 3.8) is 0 Å². The van der Waals surface area contributed by atoms with E-state index in [1.165, 1.54) is 7.11 Å². The van der Waals surface area contributed by atoms with E-state index in [2.05, 4.69) is 4.74 Å². The van der Waals surface area contributed by atoms with Crippen LogP contribution in [0.3, 0.4) is 0 Å². The van der Waals surface area contributed by atoms with Gasteiger partial charge in [0.1, 0.15) is 11.8 Å². The summed E-state index contributed by atoms with van der Waals surface area (Å²) in [7, 11) is 1.32. The Balaban J connectivity index is 0.00000180. The number of methoxy groups -OCH3 is 1. The summed E-state index contributed by atoms with van der Waals surface area (Å²) in [6, 6.07) is 10.3. The molecule has 19 heavy (non-hydrogen) atoms. The largest absolute Gasteiger partial charge is 0.508 e. The number of ether oxygens (including phenoxy) is 1. The van der Waals surface area contributed by atoms with Gasteiger partial charge in [-0.3, -0.25) is 4.79 Å². The molecule has 4 nitrogen and oxygen atoms in total. The Morgan fingerprint density at radius 3 is 2.58 bits per heavy atom. The quantitative estimate of drug-likeness (QED) is 0.844. The molecule has 1 atom stereocenters. The van der Waals surface area contributed by atoms with Gasteiger partial charge in [0, 0.05) is 0 Å². The molecule has 0 amide bonds. The van der Waals surface area contributed by atoms with Gasteiger partial charge < -0.3 is 15.6 Å². The first kappa shape index (κ1) is 15.3. The van der Waals surface area contributed by atoms with Crippen molar-refractivity contribution in [3.05, 3.63) is 42.0 Å². The van der Waals surface area contributed by atoms with Crippen LogP contribution in [-0.2, 0) is 16.0 Å². The van der Waals surface area contributed by atoms with Gasteiger partial charge in [0.05, 0.1) is 7.11 Å². The summed E-state index contributed by atoms with van der Waals surface area (Å²) in [4.78, 5) is 11.2. The fourth-order valence-electron chi connectivity index (χ4n) is 1.90. The lowest BCUT2D eigenvalue weighted by molar-refractivity contribution is -0.142. The van der Waals surface area contributed by atoms with Crippen LogP contribution in [0.25, 0.3) is 10.8 Å². The maximum absolute atomic E-state index is 11.2. The van der Waals surface area contributed by atoms with E-state index in [0.717, 1.165) is 16.3 Å². The van der Waals surface area contributed by atoms with Crippen LogP contribution in [0.1, 0.15) is 5.56 Å². The number of aromatic hydroxyl groups is 1. The molecule has 0 heterocycles. The number of hydrogen-bond donors (Lipinski definition) is 2. The van der Waals surface area contributed by atoms with Crippen molar-refractivity contribution in [3.8, 4) is 5.75 Å². The SMILES string of the molecule is COC(=O)C(N)Cc1ccc2cc(O)ccc2c1.Cl. The fraction of sp³-hybridized carbons (Fsp3) is 0.214. The monoisotopic (exact) mass is 281 g/mol. The molecule has 0 aromatic heterocycles. The lowest BCUT2D eigenvalue weighted by Gasteiger charge is -2.10. The summed E-state index contributed by atoms with van der Waals surface area (Å²) in [6.45, 7) is 0. The van der Waals surface area contributed by atoms with Gasteiger partial charge in [-0.2, -0.15) is 0 Å². The van der Waals surface area contributed by atoms with Crippen LogP contribution < -0.4 is 5.73 Å². The normalized spacial score (nSPS) is 11.7. The smallest absolute Gasteiger partial charge is 0.322 e. The molecule has 3 N–H and O–H groups in total. The van der Waals surface area contributed by atoms with Crippen molar-refractivity contribution in [1.82, 2.24) is 0 Å². The molecule has 0 radical (unpaired) electrons. The maximum atomic E-state index is 11.2. The molecular weight excluding hydrogens is 266 g/mol. The third-order valence-corrected chi connectivity index (χ3v) is 2.85. The zero-order valence-corrected chi connectivity index (χ0v) is 11.3. The Hall–Kier alpha value is -1.78. The standard InChI is InChI=1S/C14H15NO3.ClH/c1-18-14(17)13(15)7-9-2-3-11-8-12(16)5-4-10(11)6-9;/h2-6,8,13,16H,7,15H2,1H3;1H. The predicted octanol–water partition coefficient (Wildman–Crippen LogP) is 2.01. The van der Waals surface area contributed by atoms with Crippen molar-refractivity contribution in [2.24, 2.45) is 5.73 Å². The van der Waals surface area contributed by atoms with Crippen LogP contribution in [0.4, 0.5) is 0 Å². The van der Waals surface area contributed by atoms with Crippen LogP contribution >= 0.6 is 12.4 Å². The van der Waals surface area contributed by atoms with E-state index in [4.69, 9.17) is 5.73 Å². The molecule has 2 rings (SSSR count). The molecule has 2 aromatic rings. The highest BCUT2D eigenvalue weighted by atomic mass is 35.5. The van der Waals surface area contributed by atoms with E-state index in [9.17, 15) is 9.90 Å². The van der Waals surface area contributed by atoms with Crippen molar-refractivity contribution >= 4 is 29.1 Å². The predicted molar refractivity (Wildman–Crippen MR) is 76.6 cm³/mol. The van der Waals surface area contributed by atoms with Gasteiger partial charge in [0.2, 0.25) is 0 Å². The van der Waals surface area contributed by atoms with E-state index < -0.39 is 12.0 Å². The fourth-order valence-corrected chi connectivity index (χ4v) is 1.90. The van der Waals surface area contributed by atoms with Gasteiger partial charge in [-0.15, -0.1) is 12.4 Å². The molecular formula is C14H16ClNO3. The zero-order chi connectivity index (χ0) is 13.1. The van der Waals surface area contributed by atoms with Crippen molar-refractivity contribution in [1.29, 1.82) is 0 Å². The highest BCUT2D eigenvalue weighted by molar-refractivity contribution is 5.85. The average molecular weight is 282 g/mol. The molecule has 0 aliphatic heterocycles. The summed E-state index contributed by atoms with van der Waals surface area (Å²) in [6.07, 6.45) is 0.434. The second-order valence-electron chi connectivity index (χ2n) is 4.20. The number of rotatable bonds is 3. The first-order valence-electron chi connectivity index (χ1n) is 5.65. The molecule has 102 valence electrons. The summed E-state index contributed by atoms with van der Waals surface area (Å²) in [5, 5.41) is 11.3. The number of esters is 1. The van der Waals surface area contributed by atoms with Crippen molar-refractivity contribution < 1.29 is 14.6 Å². The Morgan fingerprint density at radius 2 is 1.89 bits per heavy atom.